The Kier molecular flexibility index (Phi) is 1.64. The molecule has 0 fully saturated rings. The van der Waals surface area contributed by atoms with Gasteiger partial charge in [0.05, 0.1) is 18.6 Å². The van der Waals surface area contributed by atoms with Gasteiger partial charge in [0, 0.05) is 18.1 Å². The summed E-state index contributed by atoms with van der Waals surface area (Å²) in [4.78, 5) is 6.43. The fourth-order valence-corrected chi connectivity index (χ4v) is 1.48. The largest absolute Gasteiger partial charge is 0.372 e. The Hall–Kier alpha value is -1.25. The molecular weight excluding hydrogens is 150 g/mol. The molecule has 0 aromatic rings. The Balaban J connectivity index is 2.29. The minimum absolute atomic E-state index is 0.533. The van der Waals surface area contributed by atoms with Crippen molar-refractivity contribution in [2.75, 3.05) is 6.67 Å². The summed E-state index contributed by atoms with van der Waals surface area (Å²) < 4.78 is 0. The number of fused-ring (bicyclic) bond motifs is 1. The second kappa shape index (κ2) is 2.66. The molecule has 1 N–H and O–H groups in total. The standard InChI is InChI=1S/C9H13N3/c1-7(2)9-5-10-3-8-4-11-6-12(8)9/h3-5,7,11H,6H2,1-2H3. The summed E-state index contributed by atoms with van der Waals surface area (Å²) >= 11 is 0. The summed E-state index contributed by atoms with van der Waals surface area (Å²) in [6.07, 6.45) is 5.82. The Bertz CT molecular complexity index is 273. The molecule has 0 spiro atoms. The molecule has 0 atom stereocenters. The van der Waals surface area contributed by atoms with Crippen LogP contribution in [0, 0.1) is 5.92 Å². The van der Waals surface area contributed by atoms with Gasteiger partial charge in [0.1, 0.15) is 0 Å². The van der Waals surface area contributed by atoms with E-state index in [2.05, 4.69) is 29.1 Å². The maximum Gasteiger partial charge on any atom is 0.0920 e. The van der Waals surface area contributed by atoms with Gasteiger partial charge in [-0.05, 0) is 5.92 Å². The lowest BCUT2D eigenvalue weighted by Gasteiger charge is -2.26. The van der Waals surface area contributed by atoms with Crippen LogP contribution < -0.4 is 5.32 Å². The summed E-state index contributed by atoms with van der Waals surface area (Å²) in [5, 5.41) is 3.18. The number of hydrogen-bond donors (Lipinski definition) is 1. The topological polar surface area (TPSA) is 27.6 Å². The third-order valence-electron chi connectivity index (χ3n) is 2.13. The molecule has 0 amide bonds. The van der Waals surface area contributed by atoms with Crippen LogP contribution >= 0.6 is 0 Å². The summed E-state index contributed by atoms with van der Waals surface area (Å²) in [6.45, 7) is 5.25. The molecule has 2 heterocycles. The molecule has 0 radical (unpaired) electrons. The molecule has 3 nitrogen and oxygen atoms in total. The van der Waals surface area contributed by atoms with Gasteiger partial charge in [-0.15, -0.1) is 0 Å². The van der Waals surface area contributed by atoms with Gasteiger partial charge in [-0.3, -0.25) is 4.99 Å². The molecule has 0 aromatic carbocycles. The van der Waals surface area contributed by atoms with Crippen molar-refractivity contribution in [3.63, 3.8) is 0 Å². The van der Waals surface area contributed by atoms with Gasteiger partial charge < -0.3 is 10.2 Å². The van der Waals surface area contributed by atoms with E-state index in [1.165, 1.54) is 11.4 Å². The molecular formula is C9H13N3. The molecule has 12 heavy (non-hydrogen) atoms. The molecule has 64 valence electrons. The van der Waals surface area contributed by atoms with E-state index in [4.69, 9.17) is 0 Å². The summed E-state index contributed by atoms with van der Waals surface area (Å²) in [5.74, 6) is 0.533. The van der Waals surface area contributed by atoms with E-state index < -0.39 is 0 Å². The molecule has 0 aromatic heterocycles. The van der Waals surface area contributed by atoms with Gasteiger partial charge in [-0.1, -0.05) is 13.8 Å². The fourth-order valence-electron chi connectivity index (χ4n) is 1.48. The van der Waals surface area contributed by atoms with Crippen molar-refractivity contribution in [3.05, 3.63) is 23.8 Å². The normalized spacial score (nSPS) is 20.4. The number of hydrogen-bond acceptors (Lipinski definition) is 3. The van der Waals surface area contributed by atoms with Crippen molar-refractivity contribution >= 4 is 6.21 Å². The van der Waals surface area contributed by atoms with Crippen molar-refractivity contribution < 1.29 is 0 Å². The lowest BCUT2D eigenvalue weighted by molar-refractivity contribution is 0.411. The number of nitrogens with zero attached hydrogens (tertiary/aromatic N) is 2. The smallest absolute Gasteiger partial charge is 0.0920 e. The van der Waals surface area contributed by atoms with E-state index >= 15 is 0 Å². The van der Waals surface area contributed by atoms with Crippen LogP contribution in [0.25, 0.3) is 0 Å². The summed E-state index contributed by atoms with van der Waals surface area (Å²) in [6, 6.07) is 0. The first-order chi connectivity index (χ1) is 5.79. The highest BCUT2D eigenvalue weighted by atomic mass is 15.3. The molecule has 0 saturated carbocycles. The van der Waals surface area contributed by atoms with Gasteiger partial charge in [-0.25, -0.2) is 0 Å². The maximum absolute atomic E-state index is 4.19. The Morgan fingerprint density at radius 1 is 1.58 bits per heavy atom. The second-order valence-corrected chi connectivity index (χ2v) is 3.35. The fraction of sp³-hybridized carbons (Fsp3) is 0.444. The minimum Gasteiger partial charge on any atom is -0.372 e. The number of aliphatic imine (C=N–C) groups is 1. The average Bonchev–Trinajstić information content (AvgIpc) is 2.49. The van der Waals surface area contributed by atoms with Crippen LogP contribution in [0.2, 0.25) is 0 Å². The highest BCUT2D eigenvalue weighted by Crippen LogP contribution is 2.23. The van der Waals surface area contributed by atoms with Crippen molar-refractivity contribution in [1.82, 2.24) is 10.2 Å². The van der Waals surface area contributed by atoms with E-state index in [0.717, 1.165) is 6.67 Å². The first-order valence-electron chi connectivity index (χ1n) is 4.23. The van der Waals surface area contributed by atoms with Gasteiger partial charge in [0.2, 0.25) is 0 Å². The summed E-state index contributed by atoms with van der Waals surface area (Å²) in [7, 11) is 0. The Morgan fingerprint density at radius 2 is 2.42 bits per heavy atom. The van der Waals surface area contributed by atoms with Crippen molar-refractivity contribution in [2.24, 2.45) is 10.9 Å². The molecule has 0 saturated heterocycles. The van der Waals surface area contributed by atoms with Gasteiger partial charge in [-0.2, -0.15) is 0 Å². The highest BCUT2D eigenvalue weighted by molar-refractivity contribution is 5.80. The van der Waals surface area contributed by atoms with Crippen molar-refractivity contribution in [1.29, 1.82) is 0 Å². The zero-order chi connectivity index (χ0) is 8.55. The number of rotatable bonds is 1. The van der Waals surface area contributed by atoms with Gasteiger partial charge >= 0.3 is 0 Å². The predicted molar refractivity (Wildman–Crippen MR) is 49.3 cm³/mol. The first kappa shape index (κ1) is 7.40. The van der Waals surface area contributed by atoms with Crippen LogP contribution in [0.3, 0.4) is 0 Å². The van der Waals surface area contributed by atoms with Crippen LogP contribution in [0.1, 0.15) is 13.8 Å². The average molecular weight is 163 g/mol. The minimum atomic E-state index is 0.533. The van der Waals surface area contributed by atoms with E-state index in [-0.39, 0.29) is 0 Å². The molecule has 0 bridgehead atoms. The SMILES string of the molecule is CC(C)C1=CN=CC2=CNCN21. The van der Waals surface area contributed by atoms with Crippen LogP contribution in [0.5, 0.6) is 0 Å². The molecule has 0 aliphatic carbocycles. The quantitative estimate of drug-likeness (QED) is 0.630. The molecule has 3 heteroatoms. The number of nitrogens with one attached hydrogen (secondary N) is 1. The van der Waals surface area contributed by atoms with Crippen molar-refractivity contribution in [3.8, 4) is 0 Å². The third kappa shape index (κ3) is 1.02. The van der Waals surface area contributed by atoms with E-state index in [9.17, 15) is 0 Å². The van der Waals surface area contributed by atoms with Crippen LogP contribution in [0.15, 0.2) is 28.8 Å². The second-order valence-electron chi connectivity index (χ2n) is 3.35. The van der Waals surface area contributed by atoms with Crippen LogP contribution in [-0.4, -0.2) is 17.8 Å². The number of allylic oxidation sites excluding steroid dienone is 2. The zero-order valence-electron chi connectivity index (χ0n) is 7.41. The Labute approximate surface area is 72.5 Å². The van der Waals surface area contributed by atoms with E-state index in [0.29, 0.717) is 5.92 Å². The molecule has 2 aliphatic heterocycles. The van der Waals surface area contributed by atoms with E-state index in [1.807, 2.05) is 18.6 Å². The zero-order valence-corrected chi connectivity index (χ0v) is 7.41. The molecule has 2 aliphatic rings. The van der Waals surface area contributed by atoms with Crippen LogP contribution in [-0.2, 0) is 0 Å². The highest BCUT2D eigenvalue weighted by Gasteiger charge is 2.21. The van der Waals surface area contributed by atoms with E-state index in [1.54, 1.807) is 0 Å². The molecule has 2 rings (SSSR count). The molecule has 0 unspecified atom stereocenters. The van der Waals surface area contributed by atoms with Crippen molar-refractivity contribution in [2.45, 2.75) is 13.8 Å². The monoisotopic (exact) mass is 163 g/mol. The third-order valence-corrected chi connectivity index (χ3v) is 2.13. The lowest BCUT2D eigenvalue weighted by atomic mass is 10.1. The predicted octanol–water partition coefficient (Wildman–Crippen LogP) is 1.27. The Morgan fingerprint density at radius 3 is 3.17 bits per heavy atom. The summed E-state index contributed by atoms with van der Waals surface area (Å²) in [5.41, 5.74) is 2.45. The lowest BCUT2D eigenvalue weighted by Crippen LogP contribution is -2.27. The van der Waals surface area contributed by atoms with Gasteiger partial charge in [0.15, 0.2) is 0 Å². The van der Waals surface area contributed by atoms with Crippen LogP contribution in [0.4, 0.5) is 0 Å². The first-order valence-corrected chi connectivity index (χ1v) is 4.23. The maximum atomic E-state index is 4.19. The van der Waals surface area contributed by atoms with Gasteiger partial charge in [0.25, 0.3) is 0 Å².